The lowest BCUT2D eigenvalue weighted by atomic mass is 9.96. The van der Waals surface area contributed by atoms with Crippen LogP contribution < -0.4 is 0 Å². The van der Waals surface area contributed by atoms with Crippen LogP contribution >= 0.6 is 0 Å². The molecule has 0 radical (unpaired) electrons. The number of hydrogen-bond donors (Lipinski definition) is 2. The molecule has 0 spiro atoms. The molecule has 2 atom stereocenters. The van der Waals surface area contributed by atoms with Crippen LogP contribution in [0.4, 0.5) is 0 Å². The van der Waals surface area contributed by atoms with Gasteiger partial charge >= 0.3 is 0 Å². The first-order valence-corrected chi connectivity index (χ1v) is 8.82. The van der Waals surface area contributed by atoms with Crippen LogP contribution in [0.1, 0.15) is 63.0 Å². The molecular formula is C19H27NO3. The predicted octanol–water partition coefficient (Wildman–Crippen LogP) is 2.80. The molecule has 2 unspecified atom stereocenters. The first-order chi connectivity index (χ1) is 11.1. The molecule has 0 bridgehead atoms. The van der Waals surface area contributed by atoms with Crippen molar-refractivity contribution < 1.29 is 15.0 Å². The van der Waals surface area contributed by atoms with Gasteiger partial charge in [0.1, 0.15) is 0 Å². The minimum atomic E-state index is -0.789. The van der Waals surface area contributed by atoms with E-state index in [-0.39, 0.29) is 18.4 Å². The van der Waals surface area contributed by atoms with Crippen molar-refractivity contribution in [2.45, 2.75) is 69.1 Å². The molecule has 1 aliphatic heterocycles. The summed E-state index contributed by atoms with van der Waals surface area (Å²) in [6.07, 6.45) is 5.71. The lowest BCUT2D eigenvalue weighted by Gasteiger charge is -2.30. The maximum atomic E-state index is 12.6. The number of carbonyl (C=O) groups is 1. The predicted molar refractivity (Wildman–Crippen MR) is 88.8 cm³/mol. The zero-order valence-electron chi connectivity index (χ0n) is 13.7. The van der Waals surface area contributed by atoms with Crippen molar-refractivity contribution in [1.82, 2.24) is 4.90 Å². The highest BCUT2D eigenvalue weighted by molar-refractivity contribution is 5.78. The van der Waals surface area contributed by atoms with Crippen LogP contribution in [-0.4, -0.2) is 39.2 Å². The van der Waals surface area contributed by atoms with Gasteiger partial charge < -0.3 is 15.1 Å². The van der Waals surface area contributed by atoms with Crippen molar-refractivity contribution in [2.75, 3.05) is 6.54 Å². The molecule has 2 N–H and O–H groups in total. The summed E-state index contributed by atoms with van der Waals surface area (Å²) >= 11 is 0. The van der Waals surface area contributed by atoms with Gasteiger partial charge in [0.2, 0.25) is 5.91 Å². The lowest BCUT2D eigenvalue weighted by Crippen LogP contribution is -2.41. The van der Waals surface area contributed by atoms with Crippen LogP contribution in [-0.2, 0) is 4.79 Å². The fourth-order valence-electron chi connectivity index (χ4n) is 4.07. The number of aliphatic hydroxyl groups excluding tert-OH is 1. The second-order valence-corrected chi connectivity index (χ2v) is 7.15. The molecule has 1 saturated heterocycles. The standard InChI is InChI=1S/C19H27NO3/c21-17(15-7-2-1-3-8-15)13-16-9-6-12-20(16)18(22)14-19(23)10-4-5-11-19/h1-3,7-8,16-17,21,23H,4-6,9-14H2. The summed E-state index contributed by atoms with van der Waals surface area (Å²) in [4.78, 5) is 14.5. The van der Waals surface area contributed by atoms with Crippen LogP contribution in [0, 0.1) is 0 Å². The zero-order valence-corrected chi connectivity index (χ0v) is 13.7. The molecule has 4 nitrogen and oxygen atoms in total. The second-order valence-electron chi connectivity index (χ2n) is 7.15. The summed E-state index contributed by atoms with van der Waals surface area (Å²) < 4.78 is 0. The van der Waals surface area contributed by atoms with E-state index in [9.17, 15) is 15.0 Å². The van der Waals surface area contributed by atoms with E-state index in [1.165, 1.54) is 0 Å². The smallest absolute Gasteiger partial charge is 0.225 e. The minimum absolute atomic E-state index is 0.0529. The minimum Gasteiger partial charge on any atom is -0.389 e. The van der Waals surface area contributed by atoms with E-state index in [4.69, 9.17) is 0 Å². The molecule has 1 aliphatic carbocycles. The van der Waals surface area contributed by atoms with E-state index in [2.05, 4.69) is 0 Å². The Labute approximate surface area is 138 Å². The molecule has 126 valence electrons. The maximum absolute atomic E-state index is 12.6. The van der Waals surface area contributed by atoms with Gasteiger partial charge in [0.05, 0.1) is 18.1 Å². The summed E-state index contributed by atoms with van der Waals surface area (Å²) in [7, 11) is 0. The molecule has 0 aromatic heterocycles. The summed E-state index contributed by atoms with van der Waals surface area (Å²) in [6.45, 7) is 0.751. The van der Waals surface area contributed by atoms with Crippen LogP contribution in [0.3, 0.4) is 0 Å². The third-order valence-electron chi connectivity index (χ3n) is 5.39. The van der Waals surface area contributed by atoms with Gasteiger partial charge in [0.25, 0.3) is 0 Å². The highest BCUT2D eigenvalue weighted by atomic mass is 16.3. The van der Waals surface area contributed by atoms with Crippen molar-refractivity contribution in [2.24, 2.45) is 0 Å². The fourth-order valence-corrected chi connectivity index (χ4v) is 4.07. The Morgan fingerprint density at radius 3 is 2.61 bits per heavy atom. The summed E-state index contributed by atoms with van der Waals surface area (Å²) in [5.74, 6) is 0.0529. The van der Waals surface area contributed by atoms with Crippen LogP contribution in [0.5, 0.6) is 0 Å². The Morgan fingerprint density at radius 2 is 1.91 bits per heavy atom. The van der Waals surface area contributed by atoms with Gasteiger partial charge in [-0.05, 0) is 37.7 Å². The topological polar surface area (TPSA) is 60.8 Å². The summed E-state index contributed by atoms with van der Waals surface area (Å²) in [6, 6.07) is 9.71. The molecule has 4 heteroatoms. The number of amides is 1. The van der Waals surface area contributed by atoms with Crippen LogP contribution in [0.25, 0.3) is 0 Å². The highest BCUT2D eigenvalue weighted by Gasteiger charge is 2.38. The average molecular weight is 317 g/mol. The van der Waals surface area contributed by atoms with E-state index >= 15 is 0 Å². The zero-order chi connectivity index (χ0) is 16.3. The van der Waals surface area contributed by atoms with E-state index in [0.29, 0.717) is 6.42 Å². The maximum Gasteiger partial charge on any atom is 0.225 e. The van der Waals surface area contributed by atoms with Gasteiger partial charge in [-0.15, -0.1) is 0 Å². The van der Waals surface area contributed by atoms with Crippen molar-refractivity contribution in [3.05, 3.63) is 35.9 Å². The third kappa shape index (κ3) is 3.93. The van der Waals surface area contributed by atoms with Crippen molar-refractivity contribution in [3.63, 3.8) is 0 Å². The molecule has 3 rings (SSSR count). The van der Waals surface area contributed by atoms with Crippen molar-refractivity contribution in [1.29, 1.82) is 0 Å². The van der Waals surface area contributed by atoms with Gasteiger partial charge in [0.15, 0.2) is 0 Å². The largest absolute Gasteiger partial charge is 0.389 e. The molecule has 23 heavy (non-hydrogen) atoms. The van der Waals surface area contributed by atoms with Gasteiger partial charge in [-0.25, -0.2) is 0 Å². The number of rotatable bonds is 5. The number of hydrogen-bond acceptors (Lipinski definition) is 3. The van der Waals surface area contributed by atoms with Gasteiger partial charge in [0, 0.05) is 12.6 Å². The molecule has 1 aromatic rings. The Balaban J connectivity index is 1.60. The Hall–Kier alpha value is -1.39. The number of benzene rings is 1. The SMILES string of the molecule is O=C(CC1(O)CCCC1)N1CCCC1CC(O)c1ccccc1. The molecular weight excluding hydrogens is 290 g/mol. The normalized spacial score (nSPS) is 24.8. The number of aliphatic hydroxyl groups is 2. The first kappa shape index (κ1) is 16.5. The quantitative estimate of drug-likeness (QED) is 0.878. The van der Waals surface area contributed by atoms with E-state index < -0.39 is 11.7 Å². The molecule has 1 aromatic carbocycles. The molecule has 1 saturated carbocycles. The van der Waals surface area contributed by atoms with Crippen molar-refractivity contribution >= 4 is 5.91 Å². The molecule has 1 heterocycles. The van der Waals surface area contributed by atoms with E-state index in [1.807, 2.05) is 35.2 Å². The molecule has 1 amide bonds. The Bertz CT molecular complexity index is 525. The third-order valence-corrected chi connectivity index (χ3v) is 5.39. The van der Waals surface area contributed by atoms with Gasteiger partial charge in [-0.3, -0.25) is 4.79 Å². The van der Waals surface area contributed by atoms with E-state index in [0.717, 1.165) is 50.6 Å². The highest BCUT2D eigenvalue weighted by Crippen LogP contribution is 2.34. The second kappa shape index (κ2) is 7.02. The Morgan fingerprint density at radius 1 is 1.22 bits per heavy atom. The van der Waals surface area contributed by atoms with Crippen molar-refractivity contribution in [3.8, 4) is 0 Å². The van der Waals surface area contributed by atoms with Gasteiger partial charge in [-0.2, -0.15) is 0 Å². The molecule has 2 fully saturated rings. The first-order valence-electron chi connectivity index (χ1n) is 8.82. The summed E-state index contributed by atoms with van der Waals surface area (Å²) in [5.41, 5.74) is 0.114. The fraction of sp³-hybridized carbons (Fsp3) is 0.632. The monoisotopic (exact) mass is 317 g/mol. The van der Waals surface area contributed by atoms with Crippen LogP contribution in [0.15, 0.2) is 30.3 Å². The lowest BCUT2D eigenvalue weighted by molar-refractivity contribution is -0.137. The van der Waals surface area contributed by atoms with E-state index in [1.54, 1.807) is 0 Å². The van der Waals surface area contributed by atoms with Crippen LogP contribution in [0.2, 0.25) is 0 Å². The Kier molecular flexibility index (Phi) is 5.02. The number of nitrogens with zero attached hydrogens (tertiary/aromatic N) is 1. The summed E-state index contributed by atoms with van der Waals surface area (Å²) in [5, 5.41) is 20.9. The number of likely N-dealkylation sites (tertiary alicyclic amines) is 1. The average Bonchev–Trinajstić information content (AvgIpc) is 3.17. The number of carbonyl (C=O) groups excluding carboxylic acids is 1. The van der Waals surface area contributed by atoms with Gasteiger partial charge in [-0.1, -0.05) is 43.2 Å². The molecule has 2 aliphatic rings.